The summed E-state index contributed by atoms with van der Waals surface area (Å²) >= 11 is 0. The van der Waals surface area contributed by atoms with Crippen molar-refractivity contribution in [2.75, 3.05) is 32.4 Å². The Morgan fingerprint density at radius 1 is 1.21 bits per heavy atom. The summed E-state index contributed by atoms with van der Waals surface area (Å²) in [6, 6.07) is 4.37. The minimum absolute atomic E-state index is 0.108. The number of halogens is 2. The summed E-state index contributed by atoms with van der Waals surface area (Å²) in [4.78, 5) is 8.75. The molecule has 1 aromatic rings. The Bertz CT molecular complexity index is 1030. The molecule has 0 fully saturated rings. The van der Waals surface area contributed by atoms with Crippen LogP contribution in [0.4, 0.5) is 14.6 Å². The van der Waals surface area contributed by atoms with E-state index in [9.17, 15) is 8.78 Å². The van der Waals surface area contributed by atoms with Crippen LogP contribution in [-0.4, -0.2) is 59.5 Å². The molecule has 2 aliphatic rings. The van der Waals surface area contributed by atoms with Crippen LogP contribution >= 0.6 is 0 Å². The van der Waals surface area contributed by atoms with Gasteiger partial charge in [0.1, 0.15) is 5.82 Å². The van der Waals surface area contributed by atoms with Crippen LogP contribution in [0.1, 0.15) is 70.6 Å². The van der Waals surface area contributed by atoms with Crippen molar-refractivity contribution in [1.29, 1.82) is 0 Å². The number of alkyl halides is 2. The molecule has 2 unspecified atom stereocenters. The van der Waals surface area contributed by atoms with Crippen LogP contribution in [0.2, 0.25) is 0 Å². The average Bonchev–Trinajstić information content (AvgIpc) is 3.01. The molecule has 0 radical (unpaired) electrons. The third-order valence-corrected chi connectivity index (χ3v) is 7.88. The maximum atomic E-state index is 14.5. The number of nitrogens with zero attached hydrogens (tertiary/aromatic N) is 3. The first-order chi connectivity index (χ1) is 18.1. The van der Waals surface area contributed by atoms with Crippen LogP contribution < -0.4 is 11.1 Å². The van der Waals surface area contributed by atoms with Gasteiger partial charge in [-0.3, -0.25) is 4.90 Å². The van der Waals surface area contributed by atoms with Crippen molar-refractivity contribution in [3.63, 3.8) is 0 Å². The second kappa shape index (κ2) is 13.9. The monoisotopic (exact) mass is 527 g/mol. The SMILES string of the molecule is C=C1C=C(C2=CCCC=C2)N(C)C(C)C(CCN(CCCCc2ccc(CC)c(N)n2)CC(F)(F)CC)N1. The van der Waals surface area contributed by atoms with Crippen molar-refractivity contribution >= 4 is 5.82 Å². The fourth-order valence-electron chi connectivity index (χ4n) is 5.22. The van der Waals surface area contributed by atoms with Gasteiger partial charge in [0.15, 0.2) is 0 Å². The van der Waals surface area contributed by atoms with E-state index in [4.69, 9.17) is 5.73 Å². The quantitative estimate of drug-likeness (QED) is 0.297. The molecule has 5 nitrogen and oxygen atoms in total. The number of aromatic nitrogens is 1. The van der Waals surface area contributed by atoms with Gasteiger partial charge in [0.05, 0.1) is 6.54 Å². The van der Waals surface area contributed by atoms with Gasteiger partial charge in [-0.2, -0.15) is 0 Å². The Kier molecular flexibility index (Phi) is 11.0. The molecular formula is C31H47F2N5. The van der Waals surface area contributed by atoms with Gasteiger partial charge in [0.2, 0.25) is 0 Å². The molecule has 0 aromatic carbocycles. The zero-order chi connectivity index (χ0) is 27.7. The van der Waals surface area contributed by atoms with Crippen LogP contribution in [-0.2, 0) is 12.8 Å². The van der Waals surface area contributed by atoms with Gasteiger partial charge in [-0.15, -0.1) is 0 Å². The number of nitrogens with one attached hydrogen (secondary N) is 1. The number of hydrogen-bond acceptors (Lipinski definition) is 5. The van der Waals surface area contributed by atoms with Gasteiger partial charge >= 0.3 is 0 Å². The van der Waals surface area contributed by atoms with E-state index >= 15 is 0 Å². The number of pyridine rings is 1. The fourth-order valence-corrected chi connectivity index (χ4v) is 5.22. The summed E-state index contributed by atoms with van der Waals surface area (Å²) in [7, 11) is 2.11. The predicted molar refractivity (Wildman–Crippen MR) is 155 cm³/mol. The van der Waals surface area contributed by atoms with E-state index in [-0.39, 0.29) is 25.0 Å². The lowest BCUT2D eigenvalue weighted by atomic mass is 10.0. The average molecular weight is 528 g/mol. The van der Waals surface area contributed by atoms with Crippen molar-refractivity contribution in [3.8, 4) is 0 Å². The number of rotatable bonds is 13. The van der Waals surface area contributed by atoms with Crippen molar-refractivity contribution in [3.05, 3.63) is 71.2 Å². The van der Waals surface area contributed by atoms with E-state index in [1.54, 1.807) is 6.92 Å². The van der Waals surface area contributed by atoms with Gasteiger partial charge in [-0.25, -0.2) is 13.8 Å². The van der Waals surface area contributed by atoms with Gasteiger partial charge in [-0.1, -0.05) is 44.7 Å². The molecule has 2 atom stereocenters. The number of hydrogen-bond donors (Lipinski definition) is 2. The third kappa shape index (κ3) is 8.42. The second-order valence-electron chi connectivity index (χ2n) is 10.7. The summed E-state index contributed by atoms with van der Waals surface area (Å²) < 4.78 is 28.9. The van der Waals surface area contributed by atoms with Gasteiger partial charge < -0.3 is 16.0 Å². The van der Waals surface area contributed by atoms with E-state index < -0.39 is 5.92 Å². The van der Waals surface area contributed by atoms with E-state index in [1.807, 2.05) is 17.0 Å². The number of aryl methyl sites for hydroxylation is 2. The molecule has 0 spiro atoms. The highest BCUT2D eigenvalue weighted by molar-refractivity contribution is 5.44. The second-order valence-corrected chi connectivity index (χ2v) is 10.7. The topological polar surface area (TPSA) is 57.4 Å². The first kappa shape index (κ1) is 29.9. The number of allylic oxidation sites excluding steroid dienone is 4. The normalized spacial score (nSPS) is 20.3. The van der Waals surface area contributed by atoms with Crippen LogP contribution in [0.3, 0.4) is 0 Å². The first-order valence-electron chi connectivity index (χ1n) is 14.2. The Morgan fingerprint density at radius 2 is 2.00 bits per heavy atom. The van der Waals surface area contributed by atoms with E-state index in [2.05, 4.69) is 67.0 Å². The largest absolute Gasteiger partial charge is 0.383 e. The van der Waals surface area contributed by atoms with E-state index in [0.717, 1.165) is 67.6 Å². The Hall–Kier alpha value is -2.67. The molecule has 3 rings (SSSR count). The summed E-state index contributed by atoms with van der Waals surface area (Å²) in [5.74, 6) is -2.09. The van der Waals surface area contributed by atoms with Crippen molar-refractivity contribution < 1.29 is 8.78 Å². The number of likely N-dealkylation sites (N-methyl/N-ethyl adjacent to an activating group) is 1. The summed E-state index contributed by atoms with van der Waals surface area (Å²) in [6.45, 7) is 11.1. The number of nitrogens with two attached hydrogens (primary N) is 1. The smallest absolute Gasteiger partial charge is 0.260 e. The van der Waals surface area contributed by atoms with Crippen LogP contribution in [0.5, 0.6) is 0 Å². The van der Waals surface area contributed by atoms with Crippen molar-refractivity contribution in [2.24, 2.45) is 0 Å². The number of anilines is 1. The van der Waals surface area contributed by atoms with Crippen LogP contribution in [0.25, 0.3) is 0 Å². The Morgan fingerprint density at radius 3 is 2.66 bits per heavy atom. The van der Waals surface area contributed by atoms with E-state index in [0.29, 0.717) is 18.9 Å². The van der Waals surface area contributed by atoms with Crippen LogP contribution in [0, 0.1) is 0 Å². The molecule has 0 saturated heterocycles. The molecule has 38 heavy (non-hydrogen) atoms. The molecule has 0 amide bonds. The molecule has 2 heterocycles. The minimum Gasteiger partial charge on any atom is -0.383 e. The maximum Gasteiger partial charge on any atom is 0.260 e. The summed E-state index contributed by atoms with van der Waals surface area (Å²) in [6.07, 6.45) is 14.9. The number of unbranched alkanes of at least 4 members (excludes halogenated alkanes) is 1. The molecule has 210 valence electrons. The van der Waals surface area contributed by atoms with E-state index in [1.165, 1.54) is 5.57 Å². The van der Waals surface area contributed by atoms with Gasteiger partial charge in [0, 0.05) is 49.2 Å². The van der Waals surface area contributed by atoms with Crippen molar-refractivity contribution in [1.82, 2.24) is 20.1 Å². The highest BCUT2D eigenvalue weighted by Crippen LogP contribution is 2.28. The summed E-state index contributed by atoms with van der Waals surface area (Å²) in [5.41, 5.74) is 11.3. The molecule has 1 aromatic heterocycles. The Balaban J connectivity index is 1.59. The van der Waals surface area contributed by atoms with Crippen molar-refractivity contribution in [2.45, 2.75) is 90.1 Å². The van der Waals surface area contributed by atoms with Gasteiger partial charge in [0.25, 0.3) is 5.92 Å². The molecule has 1 aliphatic carbocycles. The minimum atomic E-state index is -2.69. The summed E-state index contributed by atoms with van der Waals surface area (Å²) in [5, 5.41) is 3.57. The predicted octanol–water partition coefficient (Wildman–Crippen LogP) is 6.25. The lowest BCUT2D eigenvalue weighted by molar-refractivity contribution is -0.0364. The highest BCUT2D eigenvalue weighted by atomic mass is 19.3. The first-order valence-corrected chi connectivity index (χ1v) is 14.2. The zero-order valence-corrected chi connectivity index (χ0v) is 23.8. The van der Waals surface area contributed by atoms with Gasteiger partial charge in [-0.05, 0) is 81.7 Å². The highest BCUT2D eigenvalue weighted by Gasteiger charge is 2.31. The lowest BCUT2D eigenvalue weighted by Gasteiger charge is -2.35. The fraction of sp³-hybridized carbons (Fsp3) is 0.581. The molecule has 0 saturated carbocycles. The zero-order valence-electron chi connectivity index (χ0n) is 23.8. The molecule has 3 N–H and O–H groups in total. The molecule has 0 bridgehead atoms. The molecule has 7 heteroatoms. The molecular weight excluding hydrogens is 480 g/mol. The molecule has 1 aliphatic heterocycles. The van der Waals surface area contributed by atoms with Crippen LogP contribution in [0.15, 0.2) is 60.0 Å². The maximum absolute atomic E-state index is 14.5. The number of nitrogen functional groups attached to an aromatic ring is 1. The standard InChI is InChI=1S/C31H47F2N5/c1-6-25-16-17-27(36-30(25)34)15-11-12-19-38(22-31(32,33)7-2)20-18-28-24(4)37(5)29(21-23(3)35-28)26-13-9-8-10-14-26/h9,13-14,16-17,21,24,28,35H,3,6-8,10-12,15,18-20,22H2,1-2,4-5H3,(H2,34,36). The third-order valence-electron chi connectivity index (χ3n) is 7.88. The Labute approximate surface area is 228 Å². The lowest BCUT2D eigenvalue weighted by Crippen LogP contribution is -2.47.